The van der Waals surface area contributed by atoms with Gasteiger partial charge in [0.15, 0.2) is 0 Å². The van der Waals surface area contributed by atoms with Gasteiger partial charge in [0.2, 0.25) is 0 Å². The molecule has 0 amide bonds. The molecule has 23 heavy (non-hydrogen) atoms. The third kappa shape index (κ3) is 2.98. The summed E-state index contributed by atoms with van der Waals surface area (Å²) in [5, 5.41) is 0.700. The Morgan fingerprint density at radius 3 is 2.74 bits per heavy atom. The van der Waals surface area contributed by atoms with Gasteiger partial charge in [0.1, 0.15) is 0 Å². The van der Waals surface area contributed by atoms with Gasteiger partial charge in [-0.3, -0.25) is 4.99 Å². The van der Waals surface area contributed by atoms with Gasteiger partial charge in [0.25, 0.3) is 0 Å². The Labute approximate surface area is 150 Å². The molecular weight excluding hydrogens is 374 g/mol. The van der Waals surface area contributed by atoms with Gasteiger partial charge in [-0.05, 0) is 40.5 Å². The first-order valence-electron chi connectivity index (χ1n) is 7.65. The fraction of sp³-hybridized carbons (Fsp3) is 0.278. The minimum atomic E-state index is 0.215. The van der Waals surface area contributed by atoms with Crippen LogP contribution in [0.25, 0.3) is 0 Å². The molecule has 1 aliphatic rings. The first-order valence-corrected chi connectivity index (χ1v) is 8.82. The van der Waals surface area contributed by atoms with Crippen molar-refractivity contribution in [2.75, 3.05) is 24.2 Å². The zero-order valence-electron chi connectivity index (χ0n) is 13.2. The molecule has 120 valence electrons. The molecule has 1 heterocycles. The SMILES string of the molecule is CCC1CN(C)c2ccc(N)c(Br)c2C(c2ccccc2Cl)=N1. The van der Waals surface area contributed by atoms with Crippen LogP contribution in [0.5, 0.6) is 0 Å². The van der Waals surface area contributed by atoms with Crippen LogP contribution < -0.4 is 10.6 Å². The molecule has 2 aromatic carbocycles. The van der Waals surface area contributed by atoms with Crippen LogP contribution >= 0.6 is 27.5 Å². The van der Waals surface area contributed by atoms with Crippen molar-refractivity contribution in [3.05, 3.63) is 57.0 Å². The number of anilines is 2. The predicted octanol–water partition coefficient (Wildman–Crippen LogP) is 4.75. The van der Waals surface area contributed by atoms with Crippen LogP contribution in [-0.2, 0) is 0 Å². The van der Waals surface area contributed by atoms with Crippen LogP contribution in [0.2, 0.25) is 5.02 Å². The van der Waals surface area contributed by atoms with Crippen LogP contribution in [-0.4, -0.2) is 25.3 Å². The minimum Gasteiger partial charge on any atom is -0.398 e. The number of benzene rings is 2. The lowest BCUT2D eigenvalue weighted by Gasteiger charge is -2.23. The van der Waals surface area contributed by atoms with E-state index in [1.807, 2.05) is 30.3 Å². The molecule has 5 heteroatoms. The maximum absolute atomic E-state index is 6.46. The van der Waals surface area contributed by atoms with Gasteiger partial charge in [0.05, 0.1) is 16.2 Å². The van der Waals surface area contributed by atoms with Crippen LogP contribution in [0.1, 0.15) is 24.5 Å². The summed E-state index contributed by atoms with van der Waals surface area (Å²) in [6.07, 6.45) is 0.972. The lowest BCUT2D eigenvalue weighted by molar-refractivity contribution is 0.647. The largest absolute Gasteiger partial charge is 0.398 e. The molecule has 0 saturated heterocycles. The molecule has 1 atom stereocenters. The van der Waals surface area contributed by atoms with E-state index in [-0.39, 0.29) is 6.04 Å². The second kappa shape index (κ2) is 6.54. The molecule has 0 aromatic heterocycles. The van der Waals surface area contributed by atoms with Crippen molar-refractivity contribution in [3.63, 3.8) is 0 Å². The smallest absolute Gasteiger partial charge is 0.0771 e. The molecule has 3 rings (SSSR count). The quantitative estimate of drug-likeness (QED) is 0.749. The fourth-order valence-electron chi connectivity index (χ4n) is 2.91. The van der Waals surface area contributed by atoms with Gasteiger partial charge < -0.3 is 10.6 Å². The Kier molecular flexibility index (Phi) is 4.64. The monoisotopic (exact) mass is 391 g/mol. The number of nitrogens with two attached hydrogens (primary N) is 1. The summed E-state index contributed by atoms with van der Waals surface area (Å²) >= 11 is 10.1. The standard InChI is InChI=1S/C18H19BrClN3/c1-3-11-10-23(2)15-9-8-14(21)17(19)16(15)18(22-11)12-6-4-5-7-13(12)20/h4-9,11H,3,10,21H2,1-2H3. The highest BCUT2D eigenvalue weighted by Gasteiger charge is 2.26. The Bertz CT molecular complexity index is 773. The maximum Gasteiger partial charge on any atom is 0.0771 e. The van der Waals surface area contributed by atoms with Gasteiger partial charge in [0, 0.05) is 41.1 Å². The minimum absolute atomic E-state index is 0.215. The van der Waals surface area contributed by atoms with Crippen molar-refractivity contribution in [1.82, 2.24) is 0 Å². The van der Waals surface area contributed by atoms with E-state index in [0.717, 1.165) is 40.0 Å². The van der Waals surface area contributed by atoms with Gasteiger partial charge in [-0.25, -0.2) is 0 Å². The van der Waals surface area contributed by atoms with Crippen molar-refractivity contribution in [3.8, 4) is 0 Å². The zero-order chi connectivity index (χ0) is 16.6. The average Bonchev–Trinajstić information content (AvgIpc) is 2.68. The molecule has 1 unspecified atom stereocenters. The van der Waals surface area contributed by atoms with Crippen molar-refractivity contribution in [2.45, 2.75) is 19.4 Å². The van der Waals surface area contributed by atoms with Crippen molar-refractivity contribution < 1.29 is 0 Å². The first-order chi connectivity index (χ1) is 11.0. The molecule has 2 N–H and O–H groups in total. The van der Waals surface area contributed by atoms with E-state index >= 15 is 0 Å². The molecule has 3 nitrogen and oxygen atoms in total. The number of halogens is 2. The summed E-state index contributed by atoms with van der Waals surface area (Å²) in [7, 11) is 2.09. The number of aliphatic imine (C=N–C) groups is 1. The van der Waals surface area contributed by atoms with Crippen LogP contribution in [0.4, 0.5) is 11.4 Å². The van der Waals surface area contributed by atoms with E-state index in [4.69, 9.17) is 22.3 Å². The van der Waals surface area contributed by atoms with Gasteiger partial charge in [-0.15, -0.1) is 0 Å². The topological polar surface area (TPSA) is 41.6 Å². The summed E-state index contributed by atoms with van der Waals surface area (Å²) in [4.78, 5) is 7.26. The second-order valence-electron chi connectivity index (χ2n) is 5.76. The third-order valence-corrected chi connectivity index (χ3v) is 5.38. The second-order valence-corrected chi connectivity index (χ2v) is 6.96. The number of nitrogens with zero attached hydrogens (tertiary/aromatic N) is 2. The zero-order valence-corrected chi connectivity index (χ0v) is 15.5. The number of fused-ring (bicyclic) bond motifs is 1. The molecular formula is C18H19BrClN3. The summed E-state index contributed by atoms with van der Waals surface area (Å²) in [6, 6.07) is 12.0. The molecule has 2 aromatic rings. The summed E-state index contributed by atoms with van der Waals surface area (Å²) < 4.78 is 0.872. The summed E-state index contributed by atoms with van der Waals surface area (Å²) in [5.41, 5.74) is 10.8. The van der Waals surface area contributed by atoms with E-state index in [1.165, 1.54) is 0 Å². The molecule has 0 bridgehead atoms. The molecule has 0 aliphatic carbocycles. The number of rotatable bonds is 2. The molecule has 0 fully saturated rings. The molecule has 1 aliphatic heterocycles. The van der Waals surface area contributed by atoms with Crippen molar-refractivity contribution in [1.29, 1.82) is 0 Å². The Balaban J connectivity index is 2.31. The van der Waals surface area contributed by atoms with E-state index in [0.29, 0.717) is 10.7 Å². The van der Waals surface area contributed by atoms with E-state index in [9.17, 15) is 0 Å². The number of nitrogen functional groups attached to an aromatic ring is 1. The van der Waals surface area contributed by atoms with E-state index in [2.05, 4.69) is 40.9 Å². The van der Waals surface area contributed by atoms with Crippen molar-refractivity contribution in [2.24, 2.45) is 4.99 Å². The average molecular weight is 393 g/mol. The van der Waals surface area contributed by atoms with E-state index in [1.54, 1.807) is 0 Å². The Hall–Kier alpha value is -1.52. The number of benzodiazepines with no additional fused rings is 1. The number of hydrogen-bond acceptors (Lipinski definition) is 3. The fourth-order valence-corrected chi connectivity index (χ4v) is 3.65. The van der Waals surface area contributed by atoms with Crippen LogP contribution in [0.3, 0.4) is 0 Å². The summed E-state index contributed by atoms with van der Waals surface area (Å²) in [5.74, 6) is 0. The molecule has 0 saturated carbocycles. The lowest BCUT2D eigenvalue weighted by Crippen LogP contribution is -2.26. The van der Waals surface area contributed by atoms with Gasteiger partial charge in [-0.1, -0.05) is 36.7 Å². The molecule has 0 spiro atoms. The van der Waals surface area contributed by atoms with E-state index < -0.39 is 0 Å². The first kappa shape index (κ1) is 16.3. The molecule has 0 radical (unpaired) electrons. The number of hydrogen-bond donors (Lipinski definition) is 1. The highest BCUT2D eigenvalue weighted by molar-refractivity contribution is 9.10. The Morgan fingerprint density at radius 1 is 1.30 bits per heavy atom. The summed E-state index contributed by atoms with van der Waals surface area (Å²) in [6.45, 7) is 3.03. The van der Waals surface area contributed by atoms with Gasteiger partial charge in [-0.2, -0.15) is 0 Å². The van der Waals surface area contributed by atoms with Gasteiger partial charge >= 0.3 is 0 Å². The highest BCUT2D eigenvalue weighted by atomic mass is 79.9. The number of likely N-dealkylation sites (N-methyl/N-ethyl adjacent to an activating group) is 1. The highest BCUT2D eigenvalue weighted by Crippen LogP contribution is 2.37. The normalized spacial score (nSPS) is 17.5. The van der Waals surface area contributed by atoms with Crippen LogP contribution in [0.15, 0.2) is 45.9 Å². The Morgan fingerprint density at radius 2 is 2.04 bits per heavy atom. The predicted molar refractivity (Wildman–Crippen MR) is 103 cm³/mol. The lowest BCUT2D eigenvalue weighted by atomic mass is 9.99. The maximum atomic E-state index is 6.46. The van der Waals surface area contributed by atoms with Crippen molar-refractivity contribution >= 4 is 44.6 Å². The van der Waals surface area contributed by atoms with Crippen LogP contribution in [0, 0.1) is 0 Å². The third-order valence-electron chi connectivity index (χ3n) is 4.19.